The molecular weight excluding hydrogens is 280 g/mol. The number of aromatic nitrogens is 1. The molecule has 0 saturated heterocycles. The third kappa shape index (κ3) is 2.35. The number of sulfonamides is 1. The molecule has 0 aliphatic heterocycles. The monoisotopic (exact) mass is 300 g/mol. The van der Waals surface area contributed by atoms with Crippen LogP contribution in [-0.4, -0.2) is 41.9 Å². The van der Waals surface area contributed by atoms with Gasteiger partial charge in [-0.3, -0.25) is 0 Å². The zero-order chi connectivity index (χ0) is 15.2. The summed E-state index contributed by atoms with van der Waals surface area (Å²) in [6, 6.07) is -0.0676. The van der Waals surface area contributed by atoms with Gasteiger partial charge in [0.25, 0.3) is 0 Å². The summed E-state index contributed by atoms with van der Waals surface area (Å²) in [5.41, 5.74) is 0.577. The Bertz CT molecular complexity index is 644. The first-order chi connectivity index (χ1) is 9.17. The van der Waals surface area contributed by atoms with Crippen molar-refractivity contribution in [3.63, 3.8) is 0 Å². The van der Waals surface area contributed by atoms with E-state index in [4.69, 9.17) is 5.11 Å². The van der Waals surface area contributed by atoms with Crippen LogP contribution in [0.1, 0.15) is 41.5 Å². The van der Waals surface area contributed by atoms with Crippen molar-refractivity contribution in [3.05, 3.63) is 17.0 Å². The Hall–Kier alpha value is -1.34. The van der Waals surface area contributed by atoms with Crippen molar-refractivity contribution in [2.75, 3.05) is 7.05 Å². The van der Waals surface area contributed by atoms with Crippen molar-refractivity contribution in [1.29, 1.82) is 0 Å². The van der Waals surface area contributed by atoms with E-state index < -0.39 is 16.0 Å². The first-order valence-corrected chi connectivity index (χ1v) is 8.02. The molecule has 0 bridgehead atoms. The number of nitrogens with zero attached hydrogens (tertiary/aromatic N) is 1. The smallest absolute Gasteiger partial charge is 0.352 e. The summed E-state index contributed by atoms with van der Waals surface area (Å²) in [7, 11) is -2.12. The lowest BCUT2D eigenvalue weighted by atomic mass is 10.2. The molecule has 1 aliphatic rings. The van der Waals surface area contributed by atoms with Crippen molar-refractivity contribution in [1.82, 2.24) is 9.29 Å². The van der Waals surface area contributed by atoms with Crippen LogP contribution in [0.4, 0.5) is 0 Å². The molecule has 1 aliphatic carbocycles. The maximum atomic E-state index is 12.7. The second-order valence-corrected chi connectivity index (χ2v) is 7.42. The van der Waals surface area contributed by atoms with Crippen molar-refractivity contribution < 1.29 is 18.3 Å². The van der Waals surface area contributed by atoms with Gasteiger partial charge in [-0.25, -0.2) is 13.2 Å². The Morgan fingerprint density at radius 3 is 2.35 bits per heavy atom. The van der Waals surface area contributed by atoms with E-state index in [0.29, 0.717) is 11.6 Å². The number of carboxylic acids is 1. The molecule has 1 heterocycles. The number of aryl methyl sites for hydroxylation is 1. The third-order valence-electron chi connectivity index (χ3n) is 4.10. The Kier molecular flexibility index (Phi) is 3.68. The molecule has 1 unspecified atom stereocenters. The lowest BCUT2D eigenvalue weighted by molar-refractivity contribution is 0.0690. The maximum Gasteiger partial charge on any atom is 0.352 e. The molecular formula is C13H20N2O4S. The molecule has 0 radical (unpaired) electrons. The highest BCUT2D eigenvalue weighted by Crippen LogP contribution is 2.37. The molecule has 1 fully saturated rings. The first-order valence-electron chi connectivity index (χ1n) is 6.58. The summed E-state index contributed by atoms with van der Waals surface area (Å²) in [6.07, 6.45) is 2.10. The normalized spacial score (nSPS) is 17.4. The van der Waals surface area contributed by atoms with E-state index in [0.717, 1.165) is 12.8 Å². The molecule has 2 rings (SSSR count). The molecule has 1 aromatic heterocycles. The third-order valence-corrected chi connectivity index (χ3v) is 6.32. The van der Waals surface area contributed by atoms with Crippen molar-refractivity contribution in [3.8, 4) is 0 Å². The van der Waals surface area contributed by atoms with E-state index in [-0.39, 0.29) is 22.2 Å². The number of hydrogen-bond acceptors (Lipinski definition) is 3. The van der Waals surface area contributed by atoms with Crippen molar-refractivity contribution >= 4 is 16.0 Å². The first kappa shape index (κ1) is 15.1. The summed E-state index contributed by atoms with van der Waals surface area (Å²) in [4.78, 5) is 13.8. The number of hydrogen-bond donors (Lipinski definition) is 2. The van der Waals surface area contributed by atoms with Gasteiger partial charge in [0.15, 0.2) is 0 Å². The SMILES string of the molecule is Cc1[nH]c(C(=O)O)c(C)c1S(=O)(=O)N(C)C(C)C1CC1. The predicted octanol–water partition coefficient (Wildman–Crippen LogP) is 1.75. The fourth-order valence-electron chi connectivity index (χ4n) is 2.57. The van der Waals surface area contributed by atoms with E-state index in [1.807, 2.05) is 6.92 Å². The van der Waals surface area contributed by atoms with Gasteiger partial charge in [-0.15, -0.1) is 0 Å². The van der Waals surface area contributed by atoms with Gasteiger partial charge in [0.2, 0.25) is 10.0 Å². The van der Waals surface area contributed by atoms with Crippen LogP contribution in [-0.2, 0) is 10.0 Å². The second kappa shape index (κ2) is 4.89. The van der Waals surface area contributed by atoms with E-state index in [2.05, 4.69) is 4.98 Å². The van der Waals surface area contributed by atoms with Gasteiger partial charge < -0.3 is 10.1 Å². The van der Waals surface area contributed by atoms with Gasteiger partial charge in [0.1, 0.15) is 10.6 Å². The molecule has 1 aromatic rings. The van der Waals surface area contributed by atoms with Crippen LogP contribution in [0.2, 0.25) is 0 Å². The summed E-state index contributed by atoms with van der Waals surface area (Å²) < 4.78 is 26.8. The van der Waals surface area contributed by atoms with E-state index in [9.17, 15) is 13.2 Å². The summed E-state index contributed by atoms with van der Waals surface area (Å²) >= 11 is 0. The predicted molar refractivity (Wildman–Crippen MR) is 74.4 cm³/mol. The maximum absolute atomic E-state index is 12.7. The molecule has 112 valence electrons. The van der Waals surface area contributed by atoms with Crippen LogP contribution in [0.3, 0.4) is 0 Å². The number of rotatable bonds is 5. The molecule has 0 spiro atoms. The van der Waals surface area contributed by atoms with Crippen LogP contribution in [0, 0.1) is 19.8 Å². The fourth-order valence-corrected chi connectivity index (χ4v) is 4.40. The van der Waals surface area contributed by atoms with Crippen molar-refractivity contribution in [2.45, 2.75) is 44.6 Å². The van der Waals surface area contributed by atoms with Crippen LogP contribution in [0.5, 0.6) is 0 Å². The summed E-state index contributed by atoms with van der Waals surface area (Å²) in [6.45, 7) is 5.00. The standard InChI is InChI=1S/C13H20N2O4S/c1-7-11(13(16)17)14-8(2)12(7)20(18,19)15(4)9(3)10-5-6-10/h9-10,14H,5-6H2,1-4H3,(H,16,17). The molecule has 0 amide bonds. The minimum atomic E-state index is -3.68. The Balaban J connectivity index is 2.46. The number of aromatic carboxylic acids is 1. The van der Waals surface area contributed by atoms with E-state index in [1.54, 1.807) is 14.0 Å². The van der Waals surface area contributed by atoms with Crippen molar-refractivity contribution in [2.24, 2.45) is 5.92 Å². The molecule has 20 heavy (non-hydrogen) atoms. The molecule has 6 nitrogen and oxygen atoms in total. The minimum absolute atomic E-state index is 0.0615. The quantitative estimate of drug-likeness (QED) is 0.866. The van der Waals surface area contributed by atoms with Gasteiger partial charge >= 0.3 is 5.97 Å². The average Bonchev–Trinajstić information content (AvgIpc) is 3.13. The Morgan fingerprint density at radius 1 is 1.40 bits per heavy atom. The molecule has 1 atom stereocenters. The van der Waals surface area contributed by atoms with Gasteiger partial charge in [-0.2, -0.15) is 4.31 Å². The van der Waals surface area contributed by atoms with E-state index >= 15 is 0 Å². The molecule has 0 aromatic carbocycles. The number of aromatic amines is 1. The highest BCUT2D eigenvalue weighted by Gasteiger charge is 2.38. The number of carbonyl (C=O) groups is 1. The van der Waals surface area contributed by atoms with Crippen LogP contribution in [0.15, 0.2) is 4.90 Å². The van der Waals surface area contributed by atoms with Gasteiger partial charge in [-0.05, 0) is 39.5 Å². The second-order valence-electron chi connectivity index (χ2n) is 5.48. The molecule has 2 N–H and O–H groups in total. The molecule has 1 saturated carbocycles. The highest BCUT2D eigenvalue weighted by molar-refractivity contribution is 7.89. The largest absolute Gasteiger partial charge is 0.477 e. The zero-order valence-electron chi connectivity index (χ0n) is 12.1. The van der Waals surface area contributed by atoms with E-state index in [1.165, 1.54) is 11.2 Å². The highest BCUT2D eigenvalue weighted by atomic mass is 32.2. The zero-order valence-corrected chi connectivity index (χ0v) is 12.9. The fraction of sp³-hybridized carbons (Fsp3) is 0.615. The summed E-state index contributed by atoms with van der Waals surface area (Å²) in [5, 5.41) is 9.08. The van der Waals surface area contributed by atoms with Gasteiger partial charge in [0.05, 0.1) is 0 Å². The van der Waals surface area contributed by atoms with Gasteiger partial charge in [-0.1, -0.05) is 0 Å². The minimum Gasteiger partial charge on any atom is -0.477 e. The van der Waals surface area contributed by atoms with Crippen LogP contribution >= 0.6 is 0 Å². The average molecular weight is 300 g/mol. The Labute approximate surface area is 118 Å². The van der Waals surface area contributed by atoms with Crippen LogP contribution in [0.25, 0.3) is 0 Å². The lowest BCUT2D eigenvalue weighted by Crippen LogP contribution is -2.36. The number of carboxylic acid groups (broad SMARTS) is 1. The number of H-pyrrole nitrogens is 1. The lowest BCUT2D eigenvalue weighted by Gasteiger charge is -2.24. The summed E-state index contributed by atoms with van der Waals surface area (Å²) in [5.74, 6) is -0.738. The topological polar surface area (TPSA) is 90.5 Å². The number of nitrogens with one attached hydrogen (secondary N) is 1. The Morgan fingerprint density at radius 2 is 1.95 bits per heavy atom. The molecule has 7 heteroatoms. The van der Waals surface area contributed by atoms with Crippen LogP contribution < -0.4 is 0 Å². The van der Waals surface area contributed by atoms with Gasteiger partial charge in [0, 0.05) is 24.3 Å².